The molecule has 1 aliphatic heterocycles. The van der Waals surface area contributed by atoms with Gasteiger partial charge in [-0.1, -0.05) is 19.4 Å². The highest BCUT2D eigenvalue weighted by Gasteiger charge is 2.21. The van der Waals surface area contributed by atoms with Gasteiger partial charge < -0.3 is 15.3 Å². The van der Waals surface area contributed by atoms with E-state index in [1.165, 1.54) is 0 Å². The first-order valence-corrected chi connectivity index (χ1v) is 7.53. The molecule has 0 bridgehead atoms. The van der Waals surface area contributed by atoms with E-state index in [-0.39, 0.29) is 12.5 Å². The number of aliphatic hydroxyl groups excluding tert-OH is 1. The lowest BCUT2D eigenvalue weighted by Crippen LogP contribution is -2.35. The largest absolute Gasteiger partial charge is 0.395 e. The predicted molar refractivity (Wildman–Crippen MR) is 81.2 cm³/mol. The van der Waals surface area contributed by atoms with Crippen LogP contribution in [0.3, 0.4) is 0 Å². The van der Waals surface area contributed by atoms with Gasteiger partial charge in [-0.15, -0.1) is 0 Å². The zero-order chi connectivity index (χ0) is 14.4. The van der Waals surface area contributed by atoms with Crippen LogP contribution in [0.5, 0.6) is 0 Å². The molecule has 1 aromatic carbocycles. The van der Waals surface area contributed by atoms with E-state index in [0.29, 0.717) is 13.1 Å². The van der Waals surface area contributed by atoms with Crippen molar-refractivity contribution >= 4 is 11.6 Å². The number of benzene rings is 1. The lowest BCUT2D eigenvalue weighted by Gasteiger charge is -2.25. The smallest absolute Gasteiger partial charge is 0.254 e. The normalized spacial score (nSPS) is 13.5. The van der Waals surface area contributed by atoms with Gasteiger partial charge in [0.25, 0.3) is 5.91 Å². The van der Waals surface area contributed by atoms with E-state index in [1.807, 2.05) is 18.2 Å². The number of hydrogen-bond donors (Lipinski definition) is 2. The van der Waals surface area contributed by atoms with Gasteiger partial charge in [0.1, 0.15) is 0 Å². The van der Waals surface area contributed by atoms with Crippen LogP contribution in [-0.4, -0.2) is 42.2 Å². The Labute approximate surface area is 120 Å². The van der Waals surface area contributed by atoms with Crippen LogP contribution in [0.25, 0.3) is 0 Å². The summed E-state index contributed by atoms with van der Waals surface area (Å²) in [6, 6.07) is 5.87. The van der Waals surface area contributed by atoms with E-state index in [1.54, 1.807) is 4.90 Å². The predicted octanol–water partition coefficient (Wildman–Crippen LogP) is 2.28. The van der Waals surface area contributed by atoms with E-state index in [2.05, 4.69) is 12.2 Å². The van der Waals surface area contributed by atoms with E-state index in [4.69, 9.17) is 5.11 Å². The zero-order valence-corrected chi connectivity index (χ0v) is 12.2. The monoisotopic (exact) mass is 276 g/mol. The van der Waals surface area contributed by atoms with Crippen molar-refractivity contribution in [1.82, 2.24) is 4.90 Å². The number of nitrogens with one attached hydrogen (secondary N) is 1. The van der Waals surface area contributed by atoms with Crippen LogP contribution in [0, 0.1) is 0 Å². The molecule has 0 aromatic heterocycles. The molecule has 0 spiro atoms. The average molecular weight is 276 g/mol. The van der Waals surface area contributed by atoms with Crippen LogP contribution in [0.2, 0.25) is 0 Å². The number of rotatable bonds is 6. The van der Waals surface area contributed by atoms with Crippen LogP contribution in [0.15, 0.2) is 18.2 Å². The summed E-state index contributed by atoms with van der Waals surface area (Å²) < 4.78 is 0. The second kappa shape index (κ2) is 7.29. The Morgan fingerprint density at radius 2 is 2.25 bits per heavy atom. The van der Waals surface area contributed by atoms with Gasteiger partial charge in [-0.3, -0.25) is 4.79 Å². The Kier molecular flexibility index (Phi) is 5.41. The number of fused-ring (bicyclic) bond motifs is 1. The summed E-state index contributed by atoms with van der Waals surface area (Å²) in [6.45, 7) is 4.22. The van der Waals surface area contributed by atoms with Gasteiger partial charge in [0.05, 0.1) is 6.61 Å². The van der Waals surface area contributed by atoms with Crippen molar-refractivity contribution in [3.8, 4) is 0 Å². The second-order valence-corrected chi connectivity index (χ2v) is 5.23. The highest BCUT2D eigenvalue weighted by molar-refractivity contribution is 5.97. The molecule has 0 radical (unpaired) electrons. The maximum atomic E-state index is 12.7. The number of carbonyl (C=O) groups excluding carboxylic acids is 1. The molecule has 4 heteroatoms. The standard InChI is InChI=1S/C16H24N2O2/c1-2-3-10-18(11-12-19)16(20)14-6-4-8-15-13(14)7-5-9-17-15/h4,6,8,17,19H,2-3,5,7,9-12H2,1H3. The first kappa shape index (κ1) is 14.9. The lowest BCUT2D eigenvalue weighted by molar-refractivity contribution is 0.0718. The Bertz CT molecular complexity index is 460. The minimum atomic E-state index is 0.0166. The average Bonchev–Trinajstić information content (AvgIpc) is 2.50. The Hall–Kier alpha value is -1.55. The molecular formula is C16H24N2O2. The molecular weight excluding hydrogens is 252 g/mol. The Balaban J connectivity index is 2.22. The molecule has 0 fully saturated rings. The summed E-state index contributed by atoms with van der Waals surface area (Å²) in [4.78, 5) is 14.5. The van der Waals surface area contributed by atoms with Gasteiger partial charge in [0.15, 0.2) is 0 Å². The molecule has 0 unspecified atom stereocenters. The van der Waals surface area contributed by atoms with Crippen molar-refractivity contribution in [2.75, 3.05) is 31.6 Å². The van der Waals surface area contributed by atoms with E-state index >= 15 is 0 Å². The summed E-state index contributed by atoms with van der Waals surface area (Å²) in [6.07, 6.45) is 4.03. The van der Waals surface area contributed by atoms with Gasteiger partial charge >= 0.3 is 0 Å². The number of amides is 1. The fourth-order valence-electron chi connectivity index (χ4n) is 2.67. The van der Waals surface area contributed by atoms with Gasteiger partial charge in [-0.25, -0.2) is 0 Å². The number of unbranched alkanes of at least 4 members (excludes halogenated alkanes) is 1. The molecule has 0 saturated heterocycles. The van der Waals surface area contributed by atoms with E-state index < -0.39 is 0 Å². The highest BCUT2D eigenvalue weighted by atomic mass is 16.3. The minimum Gasteiger partial charge on any atom is -0.395 e. The van der Waals surface area contributed by atoms with E-state index in [0.717, 1.165) is 49.0 Å². The molecule has 1 amide bonds. The summed E-state index contributed by atoms with van der Waals surface area (Å²) in [5, 5.41) is 12.5. The van der Waals surface area contributed by atoms with Crippen LogP contribution in [0.1, 0.15) is 42.1 Å². The van der Waals surface area contributed by atoms with Crippen LogP contribution >= 0.6 is 0 Å². The number of carbonyl (C=O) groups is 1. The van der Waals surface area contributed by atoms with Crippen molar-refractivity contribution in [2.45, 2.75) is 32.6 Å². The molecule has 4 nitrogen and oxygen atoms in total. The lowest BCUT2D eigenvalue weighted by atomic mass is 9.96. The maximum absolute atomic E-state index is 12.7. The first-order chi connectivity index (χ1) is 9.77. The number of aliphatic hydroxyl groups is 1. The third-order valence-corrected chi connectivity index (χ3v) is 3.76. The molecule has 0 atom stereocenters. The highest BCUT2D eigenvalue weighted by Crippen LogP contribution is 2.26. The van der Waals surface area contributed by atoms with Gasteiger partial charge in [0, 0.05) is 30.9 Å². The molecule has 1 aromatic rings. The van der Waals surface area contributed by atoms with Crippen molar-refractivity contribution in [3.63, 3.8) is 0 Å². The molecule has 2 N–H and O–H groups in total. The molecule has 0 aliphatic carbocycles. The Morgan fingerprint density at radius 1 is 1.40 bits per heavy atom. The summed E-state index contributed by atoms with van der Waals surface area (Å²) >= 11 is 0. The topological polar surface area (TPSA) is 52.6 Å². The molecule has 20 heavy (non-hydrogen) atoms. The fourth-order valence-corrected chi connectivity index (χ4v) is 2.67. The first-order valence-electron chi connectivity index (χ1n) is 7.53. The van der Waals surface area contributed by atoms with Crippen molar-refractivity contribution in [3.05, 3.63) is 29.3 Å². The van der Waals surface area contributed by atoms with Gasteiger partial charge in [-0.2, -0.15) is 0 Å². The maximum Gasteiger partial charge on any atom is 0.254 e. The molecule has 1 heterocycles. The summed E-state index contributed by atoms with van der Waals surface area (Å²) in [7, 11) is 0. The van der Waals surface area contributed by atoms with Crippen LogP contribution in [-0.2, 0) is 6.42 Å². The van der Waals surface area contributed by atoms with Crippen LogP contribution in [0.4, 0.5) is 5.69 Å². The third-order valence-electron chi connectivity index (χ3n) is 3.76. The van der Waals surface area contributed by atoms with Crippen molar-refractivity contribution in [2.24, 2.45) is 0 Å². The second-order valence-electron chi connectivity index (χ2n) is 5.23. The molecule has 0 saturated carbocycles. The summed E-state index contributed by atoms with van der Waals surface area (Å²) in [5.41, 5.74) is 3.00. The molecule has 2 rings (SSSR count). The van der Waals surface area contributed by atoms with Gasteiger partial charge in [-0.05, 0) is 37.0 Å². The zero-order valence-electron chi connectivity index (χ0n) is 12.2. The van der Waals surface area contributed by atoms with Crippen molar-refractivity contribution < 1.29 is 9.90 Å². The minimum absolute atomic E-state index is 0.0166. The molecule has 110 valence electrons. The van der Waals surface area contributed by atoms with Crippen molar-refractivity contribution in [1.29, 1.82) is 0 Å². The third kappa shape index (κ3) is 3.31. The Morgan fingerprint density at radius 3 is 3.00 bits per heavy atom. The quantitative estimate of drug-likeness (QED) is 0.838. The van der Waals surface area contributed by atoms with Crippen LogP contribution < -0.4 is 5.32 Å². The van der Waals surface area contributed by atoms with Gasteiger partial charge in [0.2, 0.25) is 0 Å². The van der Waals surface area contributed by atoms with E-state index in [9.17, 15) is 4.79 Å². The molecule has 1 aliphatic rings. The number of anilines is 1. The summed E-state index contributed by atoms with van der Waals surface area (Å²) in [5.74, 6) is 0.0491. The number of nitrogens with zero attached hydrogens (tertiary/aromatic N) is 1. The SMILES string of the molecule is CCCCN(CCO)C(=O)c1cccc2c1CCCN2. The fraction of sp³-hybridized carbons (Fsp3) is 0.562. The number of hydrogen-bond acceptors (Lipinski definition) is 3.